The first-order valence-electron chi connectivity index (χ1n) is 11.6. The molecule has 2 aromatic rings. The Morgan fingerprint density at radius 3 is 1.87 bits per heavy atom. The zero-order valence-corrected chi connectivity index (χ0v) is 21.6. The van der Waals surface area contributed by atoms with E-state index in [4.69, 9.17) is 4.43 Å². The molecule has 31 heavy (non-hydrogen) atoms. The highest BCUT2D eigenvalue weighted by molar-refractivity contribution is 7.79. The minimum absolute atomic E-state index is 0.164. The summed E-state index contributed by atoms with van der Waals surface area (Å²) in [6.45, 7) is 11.4. The third-order valence-electron chi connectivity index (χ3n) is 7.27. The van der Waals surface area contributed by atoms with Gasteiger partial charge in [-0.15, -0.1) is 0 Å². The van der Waals surface area contributed by atoms with E-state index >= 15 is 0 Å². The maximum absolute atomic E-state index is 14.8. The minimum Gasteiger partial charge on any atom is -0.414 e. The molecule has 5 heteroatoms. The first-order valence-corrected chi connectivity index (χ1v) is 16.3. The Morgan fingerprint density at radius 1 is 0.871 bits per heavy atom. The number of hydrogen-bond acceptors (Lipinski definition) is 3. The lowest BCUT2D eigenvalue weighted by Crippen LogP contribution is -2.45. The van der Waals surface area contributed by atoms with Gasteiger partial charge < -0.3 is 14.1 Å². The predicted molar refractivity (Wildman–Crippen MR) is 135 cm³/mol. The molecule has 1 saturated carbocycles. The summed E-state index contributed by atoms with van der Waals surface area (Å²) in [6.07, 6.45) is 3.71. The van der Waals surface area contributed by atoms with E-state index in [1.807, 2.05) is 60.7 Å². The molecule has 1 aliphatic rings. The van der Waals surface area contributed by atoms with Crippen LogP contribution in [0.5, 0.6) is 0 Å². The van der Waals surface area contributed by atoms with Gasteiger partial charge >= 0.3 is 0 Å². The molecule has 170 valence electrons. The van der Waals surface area contributed by atoms with Crippen LogP contribution >= 0.6 is 7.14 Å². The van der Waals surface area contributed by atoms with Crippen molar-refractivity contribution in [3.63, 3.8) is 0 Å². The lowest BCUT2D eigenvalue weighted by molar-refractivity contribution is 0.102. The van der Waals surface area contributed by atoms with Crippen LogP contribution in [0.3, 0.4) is 0 Å². The van der Waals surface area contributed by atoms with Gasteiger partial charge in [-0.2, -0.15) is 0 Å². The molecule has 1 fully saturated rings. The van der Waals surface area contributed by atoms with E-state index in [-0.39, 0.29) is 16.8 Å². The molecule has 2 aromatic carbocycles. The molecule has 3 nitrogen and oxygen atoms in total. The summed E-state index contributed by atoms with van der Waals surface area (Å²) in [6, 6.07) is 19.5. The van der Waals surface area contributed by atoms with Gasteiger partial charge in [0.2, 0.25) is 0 Å². The van der Waals surface area contributed by atoms with Crippen LogP contribution in [0.25, 0.3) is 0 Å². The van der Waals surface area contributed by atoms with E-state index in [9.17, 15) is 9.67 Å². The number of aliphatic hydroxyl groups excluding tert-OH is 1. The van der Waals surface area contributed by atoms with E-state index in [0.29, 0.717) is 12.8 Å². The predicted octanol–water partition coefficient (Wildman–Crippen LogP) is 6.08. The molecule has 0 amide bonds. The Kier molecular flexibility index (Phi) is 7.69. The molecule has 0 saturated heterocycles. The van der Waals surface area contributed by atoms with Gasteiger partial charge in [0, 0.05) is 22.4 Å². The van der Waals surface area contributed by atoms with Crippen molar-refractivity contribution in [1.29, 1.82) is 0 Å². The zero-order valence-electron chi connectivity index (χ0n) is 19.8. The minimum atomic E-state index is -3.01. The SMILES string of the molecule is CC(C)(C)[Si](C)(C)OC1CCC[C@@H](O)[C@H](P(=O)(c2ccccc2)c2ccccc2)CC1. The number of rotatable bonds is 5. The summed E-state index contributed by atoms with van der Waals surface area (Å²) in [5.74, 6) is 0. The summed E-state index contributed by atoms with van der Waals surface area (Å²) in [5, 5.41) is 13.0. The highest BCUT2D eigenvalue weighted by Gasteiger charge is 2.43. The molecule has 0 bridgehead atoms. The average molecular weight is 459 g/mol. The maximum Gasteiger partial charge on any atom is 0.192 e. The van der Waals surface area contributed by atoms with Crippen LogP contribution in [0.15, 0.2) is 60.7 Å². The van der Waals surface area contributed by atoms with Crippen molar-refractivity contribution >= 4 is 26.1 Å². The van der Waals surface area contributed by atoms with E-state index < -0.39 is 21.6 Å². The van der Waals surface area contributed by atoms with Gasteiger partial charge in [-0.3, -0.25) is 0 Å². The van der Waals surface area contributed by atoms with Crippen LogP contribution in [0.1, 0.15) is 52.9 Å². The zero-order chi connectivity index (χ0) is 22.7. The van der Waals surface area contributed by atoms with Gasteiger partial charge in [-0.25, -0.2) is 0 Å². The standard InChI is InChI=1S/C26H39O3PSi/c1-26(2,3)31(4,5)29-21-13-12-18-24(27)25(20-19-21)30(28,22-14-8-6-9-15-22)23-16-10-7-11-17-23/h6-11,14-17,21,24-25,27H,12-13,18-20H2,1-5H3/t21?,24-,25-/m1/s1. The molecule has 0 aliphatic heterocycles. The van der Waals surface area contributed by atoms with Crippen LogP contribution in [-0.4, -0.2) is 31.3 Å². The first-order chi connectivity index (χ1) is 14.6. The van der Waals surface area contributed by atoms with Gasteiger partial charge in [-0.1, -0.05) is 81.4 Å². The maximum atomic E-state index is 14.8. The Balaban J connectivity index is 1.93. The lowest BCUT2D eigenvalue weighted by atomic mass is 9.96. The van der Waals surface area contributed by atoms with Gasteiger partial charge in [0.15, 0.2) is 8.32 Å². The van der Waals surface area contributed by atoms with Crippen molar-refractivity contribution in [1.82, 2.24) is 0 Å². The molecule has 3 atom stereocenters. The smallest absolute Gasteiger partial charge is 0.192 e. The molecular formula is C26H39O3PSi. The second-order valence-electron chi connectivity index (χ2n) is 10.5. The fourth-order valence-corrected chi connectivity index (χ4v) is 9.27. The Morgan fingerprint density at radius 2 is 1.39 bits per heavy atom. The second-order valence-corrected chi connectivity index (χ2v) is 18.2. The monoisotopic (exact) mass is 458 g/mol. The summed E-state index contributed by atoms with van der Waals surface area (Å²) in [4.78, 5) is 0. The molecule has 3 rings (SSSR count). The first kappa shape index (κ1) is 24.4. The quantitative estimate of drug-likeness (QED) is 0.436. The Labute approximate surface area is 189 Å². The summed E-state index contributed by atoms with van der Waals surface area (Å²) in [7, 11) is -4.88. The van der Waals surface area contributed by atoms with Gasteiger partial charge in [0.05, 0.1) is 6.10 Å². The third-order valence-corrected chi connectivity index (χ3v) is 15.5. The fourth-order valence-electron chi connectivity index (χ4n) is 4.41. The van der Waals surface area contributed by atoms with E-state index in [2.05, 4.69) is 33.9 Å². The molecular weight excluding hydrogens is 419 g/mol. The average Bonchev–Trinajstić information content (AvgIpc) is 2.72. The highest BCUT2D eigenvalue weighted by atomic mass is 31.2. The van der Waals surface area contributed by atoms with Crippen LogP contribution < -0.4 is 10.6 Å². The van der Waals surface area contributed by atoms with Crippen molar-refractivity contribution in [2.75, 3.05) is 0 Å². The summed E-state index contributed by atoms with van der Waals surface area (Å²) < 4.78 is 21.6. The van der Waals surface area contributed by atoms with Gasteiger partial charge in [0.1, 0.15) is 7.14 Å². The number of benzene rings is 2. The normalized spacial score (nSPS) is 23.7. The van der Waals surface area contributed by atoms with Crippen molar-refractivity contribution in [3.8, 4) is 0 Å². The van der Waals surface area contributed by atoms with E-state index in [1.165, 1.54) is 0 Å². The van der Waals surface area contributed by atoms with Crippen molar-refractivity contribution in [3.05, 3.63) is 60.7 Å². The van der Waals surface area contributed by atoms with Gasteiger partial charge in [0.25, 0.3) is 0 Å². The number of aliphatic hydroxyl groups is 1. The lowest BCUT2D eigenvalue weighted by Gasteiger charge is -2.41. The molecule has 1 unspecified atom stereocenters. The van der Waals surface area contributed by atoms with Crippen LogP contribution in [0, 0.1) is 0 Å². The van der Waals surface area contributed by atoms with Gasteiger partial charge in [-0.05, 0) is 50.2 Å². The van der Waals surface area contributed by atoms with E-state index in [1.54, 1.807) is 0 Å². The van der Waals surface area contributed by atoms with Crippen molar-refractivity contribution < 1.29 is 14.1 Å². The molecule has 1 N–H and O–H groups in total. The third kappa shape index (κ3) is 5.42. The van der Waals surface area contributed by atoms with Crippen LogP contribution in [-0.2, 0) is 8.99 Å². The number of hydrogen-bond donors (Lipinski definition) is 1. The molecule has 0 spiro atoms. The van der Waals surface area contributed by atoms with E-state index in [0.717, 1.165) is 29.9 Å². The Bertz CT molecular complexity index is 833. The molecule has 0 heterocycles. The highest BCUT2D eigenvalue weighted by Crippen LogP contribution is 2.53. The van der Waals surface area contributed by atoms with Crippen molar-refractivity contribution in [2.45, 2.75) is 88.9 Å². The largest absolute Gasteiger partial charge is 0.414 e. The Hall–Kier alpha value is -1.19. The van der Waals surface area contributed by atoms with Crippen LogP contribution in [0.4, 0.5) is 0 Å². The van der Waals surface area contributed by atoms with Crippen molar-refractivity contribution in [2.24, 2.45) is 0 Å². The summed E-state index contributed by atoms with van der Waals surface area (Å²) >= 11 is 0. The summed E-state index contributed by atoms with van der Waals surface area (Å²) in [5.41, 5.74) is -0.289. The second kappa shape index (κ2) is 9.75. The molecule has 0 radical (unpaired) electrons. The van der Waals surface area contributed by atoms with Crippen LogP contribution in [0.2, 0.25) is 18.1 Å². The molecule has 0 aromatic heterocycles. The molecule has 1 aliphatic carbocycles. The topological polar surface area (TPSA) is 46.5 Å². The fraction of sp³-hybridized carbons (Fsp3) is 0.538.